The number of rotatable bonds is 9. The molecular weight excluding hydrogens is 238 g/mol. The van der Waals surface area contributed by atoms with Gasteiger partial charge in [-0.3, -0.25) is 9.69 Å². The normalized spacial score (nSPS) is 11.7. The highest BCUT2D eigenvalue weighted by Crippen LogP contribution is 2.21. The molecule has 0 heterocycles. The molecule has 0 unspecified atom stereocenters. The van der Waals surface area contributed by atoms with Gasteiger partial charge in [0.1, 0.15) is 0 Å². The van der Waals surface area contributed by atoms with Gasteiger partial charge in [0.2, 0.25) is 5.91 Å². The Labute approximate surface area is 118 Å². The Bertz CT molecular complexity index is 305. The summed E-state index contributed by atoms with van der Waals surface area (Å²) in [5.74, 6) is 0.0919. The van der Waals surface area contributed by atoms with Crippen LogP contribution in [0.15, 0.2) is 0 Å². The number of amides is 1. The van der Waals surface area contributed by atoms with Crippen molar-refractivity contribution in [1.29, 1.82) is 5.26 Å². The molecule has 0 fully saturated rings. The molecule has 0 rings (SSSR count). The molecule has 0 aromatic heterocycles. The third-order valence-electron chi connectivity index (χ3n) is 3.09. The van der Waals surface area contributed by atoms with E-state index in [0.29, 0.717) is 6.54 Å². The van der Waals surface area contributed by atoms with E-state index in [9.17, 15) is 4.79 Å². The fraction of sp³-hybridized carbons (Fsp3) is 0.867. The standard InChI is InChI=1S/C15H29N3O/c1-6-18(11-14(19)17-13(2)3)10-8-7-9-15(4,5)12-16/h13H,6-11H2,1-5H3,(H,17,19). The van der Waals surface area contributed by atoms with Crippen LogP contribution >= 0.6 is 0 Å². The van der Waals surface area contributed by atoms with Gasteiger partial charge in [0.15, 0.2) is 0 Å². The summed E-state index contributed by atoms with van der Waals surface area (Å²) >= 11 is 0. The Morgan fingerprint density at radius 3 is 2.47 bits per heavy atom. The number of carbonyl (C=O) groups excluding carboxylic acids is 1. The molecular formula is C15H29N3O. The lowest BCUT2D eigenvalue weighted by Gasteiger charge is -2.21. The molecule has 0 bridgehead atoms. The average molecular weight is 267 g/mol. The number of likely N-dealkylation sites (N-methyl/N-ethyl adjacent to an activating group) is 1. The molecule has 110 valence electrons. The van der Waals surface area contributed by atoms with Gasteiger partial charge < -0.3 is 5.32 Å². The number of unbranched alkanes of at least 4 members (excludes halogenated alkanes) is 1. The lowest BCUT2D eigenvalue weighted by molar-refractivity contribution is -0.122. The van der Waals surface area contributed by atoms with Crippen LogP contribution in [-0.4, -0.2) is 36.5 Å². The summed E-state index contributed by atoms with van der Waals surface area (Å²) < 4.78 is 0. The van der Waals surface area contributed by atoms with Gasteiger partial charge in [-0.2, -0.15) is 5.26 Å². The largest absolute Gasteiger partial charge is 0.353 e. The van der Waals surface area contributed by atoms with Gasteiger partial charge in [0.25, 0.3) is 0 Å². The van der Waals surface area contributed by atoms with Gasteiger partial charge in [-0.1, -0.05) is 13.3 Å². The lowest BCUT2D eigenvalue weighted by atomic mass is 9.89. The summed E-state index contributed by atoms with van der Waals surface area (Å²) in [5, 5.41) is 11.8. The molecule has 0 aromatic carbocycles. The highest BCUT2D eigenvalue weighted by Gasteiger charge is 2.16. The third-order valence-corrected chi connectivity index (χ3v) is 3.09. The van der Waals surface area contributed by atoms with E-state index in [2.05, 4.69) is 23.2 Å². The van der Waals surface area contributed by atoms with Crippen LogP contribution in [0.3, 0.4) is 0 Å². The van der Waals surface area contributed by atoms with E-state index < -0.39 is 0 Å². The van der Waals surface area contributed by atoms with Crippen LogP contribution in [0.4, 0.5) is 0 Å². The van der Waals surface area contributed by atoms with Crippen LogP contribution in [-0.2, 0) is 4.79 Å². The van der Waals surface area contributed by atoms with Gasteiger partial charge in [-0.25, -0.2) is 0 Å². The Hall–Kier alpha value is -1.08. The molecule has 4 nitrogen and oxygen atoms in total. The Morgan fingerprint density at radius 2 is 2.00 bits per heavy atom. The molecule has 0 saturated carbocycles. The molecule has 0 atom stereocenters. The fourth-order valence-corrected chi connectivity index (χ4v) is 1.88. The molecule has 0 aromatic rings. The zero-order valence-electron chi connectivity index (χ0n) is 13.1. The lowest BCUT2D eigenvalue weighted by Crippen LogP contribution is -2.40. The minimum Gasteiger partial charge on any atom is -0.353 e. The minimum absolute atomic E-state index is 0.0919. The van der Waals surface area contributed by atoms with Crippen molar-refractivity contribution in [1.82, 2.24) is 10.2 Å². The van der Waals surface area contributed by atoms with Crippen molar-refractivity contribution in [2.75, 3.05) is 19.6 Å². The molecule has 0 aliphatic rings. The third kappa shape index (κ3) is 9.49. The first kappa shape index (κ1) is 17.9. The fourth-order valence-electron chi connectivity index (χ4n) is 1.88. The van der Waals surface area contributed by atoms with Crippen LogP contribution in [0, 0.1) is 16.7 Å². The summed E-state index contributed by atoms with van der Waals surface area (Å²) in [6, 6.07) is 2.52. The van der Waals surface area contributed by atoms with Gasteiger partial charge in [-0.15, -0.1) is 0 Å². The van der Waals surface area contributed by atoms with E-state index in [1.54, 1.807) is 0 Å². The van der Waals surface area contributed by atoms with Gasteiger partial charge in [-0.05, 0) is 53.6 Å². The molecule has 1 amide bonds. The number of hydrogen-bond donors (Lipinski definition) is 1. The molecule has 0 saturated heterocycles. The molecule has 0 radical (unpaired) electrons. The monoisotopic (exact) mass is 267 g/mol. The summed E-state index contributed by atoms with van der Waals surface area (Å²) in [7, 11) is 0. The maximum atomic E-state index is 11.7. The predicted molar refractivity (Wildman–Crippen MR) is 78.6 cm³/mol. The van der Waals surface area contributed by atoms with Crippen molar-refractivity contribution in [3.8, 4) is 6.07 Å². The summed E-state index contributed by atoms with van der Waals surface area (Å²) in [4.78, 5) is 13.8. The number of nitrogens with one attached hydrogen (secondary N) is 1. The van der Waals surface area contributed by atoms with E-state index >= 15 is 0 Å². The zero-order chi connectivity index (χ0) is 14.9. The van der Waals surface area contributed by atoms with E-state index in [1.165, 1.54) is 0 Å². The van der Waals surface area contributed by atoms with Gasteiger partial charge in [0.05, 0.1) is 18.0 Å². The SMILES string of the molecule is CCN(CCCCC(C)(C)C#N)CC(=O)NC(C)C. The van der Waals surface area contributed by atoms with Crippen molar-refractivity contribution in [2.45, 2.75) is 59.9 Å². The molecule has 4 heteroatoms. The predicted octanol–water partition coefficient (Wildman–Crippen LogP) is 2.55. The summed E-state index contributed by atoms with van der Waals surface area (Å²) in [5.41, 5.74) is -0.230. The van der Waals surface area contributed by atoms with Crippen LogP contribution in [0.2, 0.25) is 0 Å². The van der Waals surface area contributed by atoms with Crippen molar-refractivity contribution in [2.24, 2.45) is 5.41 Å². The maximum Gasteiger partial charge on any atom is 0.234 e. The molecule has 0 spiro atoms. The number of hydrogen-bond acceptors (Lipinski definition) is 3. The second-order valence-corrected chi connectivity index (χ2v) is 6.04. The molecule has 0 aliphatic carbocycles. The van der Waals surface area contributed by atoms with Crippen LogP contribution < -0.4 is 5.32 Å². The van der Waals surface area contributed by atoms with Crippen LogP contribution in [0.1, 0.15) is 53.9 Å². The second-order valence-electron chi connectivity index (χ2n) is 6.04. The molecule has 0 aliphatic heterocycles. The van der Waals surface area contributed by atoms with E-state index in [1.807, 2.05) is 27.7 Å². The van der Waals surface area contributed by atoms with Crippen molar-refractivity contribution >= 4 is 5.91 Å². The first-order chi connectivity index (χ1) is 8.80. The Morgan fingerprint density at radius 1 is 1.37 bits per heavy atom. The van der Waals surface area contributed by atoms with Crippen molar-refractivity contribution in [3.63, 3.8) is 0 Å². The van der Waals surface area contributed by atoms with Crippen molar-refractivity contribution < 1.29 is 4.79 Å². The number of carbonyl (C=O) groups is 1. The van der Waals surface area contributed by atoms with Crippen LogP contribution in [0.5, 0.6) is 0 Å². The first-order valence-corrected chi connectivity index (χ1v) is 7.23. The highest BCUT2D eigenvalue weighted by molar-refractivity contribution is 5.78. The first-order valence-electron chi connectivity index (χ1n) is 7.23. The summed E-state index contributed by atoms with van der Waals surface area (Å²) in [6.07, 6.45) is 2.98. The van der Waals surface area contributed by atoms with E-state index in [4.69, 9.17) is 5.26 Å². The smallest absolute Gasteiger partial charge is 0.234 e. The highest BCUT2D eigenvalue weighted by atomic mass is 16.2. The quantitative estimate of drug-likeness (QED) is 0.653. The Balaban J connectivity index is 3.89. The minimum atomic E-state index is -0.230. The topological polar surface area (TPSA) is 56.1 Å². The van der Waals surface area contributed by atoms with Gasteiger partial charge in [0, 0.05) is 6.04 Å². The maximum absolute atomic E-state index is 11.7. The van der Waals surface area contributed by atoms with Crippen molar-refractivity contribution in [3.05, 3.63) is 0 Å². The Kier molecular flexibility index (Phi) is 8.42. The average Bonchev–Trinajstić information content (AvgIpc) is 2.32. The zero-order valence-corrected chi connectivity index (χ0v) is 13.1. The number of nitrogens with zero attached hydrogens (tertiary/aromatic N) is 2. The van der Waals surface area contributed by atoms with E-state index in [-0.39, 0.29) is 17.4 Å². The number of nitriles is 1. The second kappa shape index (κ2) is 8.92. The van der Waals surface area contributed by atoms with E-state index in [0.717, 1.165) is 32.4 Å². The summed E-state index contributed by atoms with van der Waals surface area (Å²) in [6.45, 7) is 12.2. The molecule has 1 N–H and O–H groups in total. The molecule has 19 heavy (non-hydrogen) atoms. The van der Waals surface area contributed by atoms with Gasteiger partial charge >= 0.3 is 0 Å². The van der Waals surface area contributed by atoms with Crippen LogP contribution in [0.25, 0.3) is 0 Å².